The average molecular weight is 344 g/mol. The molecule has 0 unspecified atom stereocenters. The molecular formula is C19H24O4Si. The molecule has 1 atom stereocenters. The molecule has 0 spiro atoms. The molecule has 0 bridgehead atoms. The van der Waals surface area contributed by atoms with Gasteiger partial charge in [0, 0.05) is 13.8 Å². The lowest BCUT2D eigenvalue weighted by molar-refractivity contribution is -0.240. The molecule has 1 heterocycles. The second-order valence-electron chi connectivity index (χ2n) is 7.63. The van der Waals surface area contributed by atoms with E-state index in [1.54, 1.807) is 13.8 Å². The molecule has 1 fully saturated rings. The fourth-order valence-corrected chi connectivity index (χ4v) is 3.11. The van der Waals surface area contributed by atoms with Crippen LogP contribution < -0.4 is 0 Å². The first kappa shape index (κ1) is 18.3. The predicted octanol–water partition coefficient (Wildman–Crippen LogP) is 3.41. The summed E-state index contributed by atoms with van der Waals surface area (Å²) in [6.07, 6.45) is 0. The van der Waals surface area contributed by atoms with Crippen molar-refractivity contribution >= 4 is 20.0 Å². The van der Waals surface area contributed by atoms with Crippen LogP contribution in [0.3, 0.4) is 0 Å². The van der Waals surface area contributed by atoms with Crippen LogP contribution >= 0.6 is 0 Å². The van der Waals surface area contributed by atoms with Crippen molar-refractivity contribution in [2.24, 2.45) is 5.92 Å². The number of hydrogen-bond donors (Lipinski definition) is 0. The van der Waals surface area contributed by atoms with Gasteiger partial charge in [0.2, 0.25) is 0 Å². The number of hydrogen-bond acceptors (Lipinski definition) is 4. The molecular weight excluding hydrogens is 320 g/mol. The Morgan fingerprint density at radius 1 is 1.12 bits per heavy atom. The summed E-state index contributed by atoms with van der Waals surface area (Å²) in [6.45, 7) is 11.4. The SMILES string of the molecule is Cc1cccc([C@H](C#C[Si](C)(C)C)C2C(=O)OC(C)(C)OC2=O)c1. The molecule has 1 aromatic carbocycles. The minimum Gasteiger partial charge on any atom is -0.422 e. The van der Waals surface area contributed by atoms with Crippen molar-refractivity contribution in [3.05, 3.63) is 35.4 Å². The molecule has 0 N–H and O–H groups in total. The first-order valence-electron chi connectivity index (χ1n) is 8.03. The highest BCUT2D eigenvalue weighted by molar-refractivity contribution is 6.83. The summed E-state index contributed by atoms with van der Waals surface area (Å²) in [4.78, 5) is 24.9. The molecule has 2 rings (SSSR count). The van der Waals surface area contributed by atoms with E-state index in [9.17, 15) is 9.59 Å². The predicted molar refractivity (Wildman–Crippen MR) is 94.8 cm³/mol. The summed E-state index contributed by atoms with van der Waals surface area (Å²) in [5.41, 5.74) is 5.15. The zero-order valence-corrected chi connectivity index (χ0v) is 16.1. The fraction of sp³-hybridized carbons (Fsp3) is 0.474. The van der Waals surface area contributed by atoms with Crippen molar-refractivity contribution in [1.29, 1.82) is 0 Å². The van der Waals surface area contributed by atoms with Gasteiger partial charge >= 0.3 is 11.9 Å². The van der Waals surface area contributed by atoms with E-state index in [0.29, 0.717) is 0 Å². The van der Waals surface area contributed by atoms with Crippen LogP contribution in [0.5, 0.6) is 0 Å². The Balaban J connectivity index is 2.48. The maximum atomic E-state index is 12.5. The Morgan fingerprint density at radius 3 is 2.21 bits per heavy atom. The molecule has 4 nitrogen and oxygen atoms in total. The minimum atomic E-state index is -1.67. The molecule has 1 aromatic rings. The molecule has 128 valence electrons. The van der Waals surface area contributed by atoms with Crippen LogP contribution in [0.2, 0.25) is 19.6 Å². The van der Waals surface area contributed by atoms with Gasteiger partial charge in [0.15, 0.2) is 5.92 Å². The zero-order valence-electron chi connectivity index (χ0n) is 15.1. The largest absolute Gasteiger partial charge is 0.422 e. The normalized spacial score (nSPS) is 18.9. The van der Waals surface area contributed by atoms with Gasteiger partial charge in [-0.15, -0.1) is 11.5 Å². The summed E-state index contributed by atoms with van der Waals surface area (Å²) in [6, 6.07) is 7.70. The first-order chi connectivity index (χ1) is 11.0. The van der Waals surface area contributed by atoms with E-state index in [0.717, 1.165) is 11.1 Å². The number of carbonyl (C=O) groups is 2. The molecule has 0 saturated carbocycles. The highest BCUT2D eigenvalue weighted by Crippen LogP contribution is 2.33. The Hall–Kier alpha value is -2.06. The van der Waals surface area contributed by atoms with Crippen molar-refractivity contribution in [3.8, 4) is 11.5 Å². The Bertz CT molecular complexity index is 699. The molecule has 0 radical (unpaired) electrons. The number of cyclic esters (lactones) is 2. The topological polar surface area (TPSA) is 52.6 Å². The molecule has 5 heteroatoms. The number of rotatable bonds is 2. The van der Waals surface area contributed by atoms with Crippen molar-refractivity contribution in [3.63, 3.8) is 0 Å². The van der Waals surface area contributed by atoms with Gasteiger partial charge in [-0.3, -0.25) is 9.59 Å². The molecule has 1 aliphatic rings. The summed E-state index contributed by atoms with van der Waals surface area (Å²) >= 11 is 0. The summed E-state index contributed by atoms with van der Waals surface area (Å²) in [5.74, 6) is -0.824. The molecule has 24 heavy (non-hydrogen) atoms. The van der Waals surface area contributed by atoms with Crippen LogP contribution in [-0.2, 0) is 19.1 Å². The van der Waals surface area contributed by atoms with Gasteiger partial charge in [0.1, 0.15) is 8.07 Å². The van der Waals surface area contributed by atoms with E-state index in [1.807, 2.05) is 31.2 Å². The van der Waals surface area contributed by atoms with E-state index in [4.69, 9.17) is 9.47 Å². The summed E-state index contributed by atoms with van der Waals surface area (Å²) in [5, 5.41) is 0. The third kappa shape index (κ3) is 4.48. The third-order valence-electron chi connectivity index (χ3n) is 3.54. The van der Waals surface area contributed by atoms with Gasteiger partial charge in [-0.1, -0.05) is 49.5 Å². The van der Waals surface area contributed by atoms with Crippen LogP contribution in [0.4, 0.5) is 0 Å². The van der Waals surface area contributed by atoms with Crippen LogP contribution in [0, 0.1) is 24.3 Å². The number of esters is 2. The second-order valence-corrected chi connectivity index (χ2v) is 12.4. The van der Waals surface area contributed by atoms with Crippen LogP contribution in [0.1, 0.15) is 30.9 Å². The van der Waals surface area contributed by atoms with Crippen molar-refractivity contribution in [1.82, 2.24) is 0 Å². The number of carbonyl (C=O) groups excluding carboxylic acids is 2. The standard InChI is InChI=1S/C19H24O4Si/c1-13-8-7-9-14(12-13)15(10-11-24(4,5)6)16-17(20)22-19(2,3)23-18(16)21/h7-9,12,15-16H,1-6H3/t15-/m0/s1. The Kier molecular flexibility index (Phi) is 4.91. The summed E-state index contributed by atoms with van der Waals surface area (Å²) in [7, 11) is -1.67. The molecule has 0 aliphatic carbocycles. The van der Waals surface area contributed by atoms with Crippen molar-refractivity contribution < 1.29 is 19.1 Å². The van der Waals surface area contributed by atoms with E-state index in [-0.39, 0.29) is 0 Å². The molecule has 0 amide bonds. The van der Waals surface area contributed by atoms with Gasteiger partial charge < -0.3 is 9.47 Å². The van der Waals surface area contributed by atoms with Gasteiger partial charge in [-0.25, -0.2) is 0 Å². The van der Waals surface area contributed by atoms with Crippen molar-refractivity contribution in [2.45, 2.75) is 52.1 Å². The van der Waals surface area contributed by atoms with Crippen LogP contribution in [0.25, 0.3) is 0 Å². The lowest BCUT2D eigenvalue weighted by Crippen LogP contribution is -2.48. The van der Waals surface area contributed by atoms with Gasteiger partial charge in [0.05, 0.1) is 5.92 Å². The highest BCUT2D eigenvalue weighted by Gasteiger charge is 2.47. The number of aryl methyl sites for hydroxylation is 1. The molecule has 1 aliphatic heterocycles. The minimum absolute atomic E-state index is 0.562. The van der Waals surface area contributed by atoms with E-state index >= 15 is 0 Å². The van der Waals surface area contributed by atoms with E-state index < -0.39 is 37.6 Å². The molecule has 0 aromatic heterocycles. The zero-order chi connectivity index (χ0) is 18.1. The maximum absolute atomic E-state index is 12.5. The molecule has 1 saturated heterocycles. The van der Waals surface area contributed by atoms with Crippen molar-refractivity contribution in [2.75, 3.05) is 0 Å². The van der Waals surface area contributed by atoms with Crippen LogP contribution in [-0.4, -0.2) is 25.8 Å². The lowest BCUT2D eigenvalue weighted by Gasteiger charge is -2.34. The van der Waals surface area contributed by atoms with Crippen LogP contribution in [0.15, 0.2) is 24.3 Å². The smallest absolute Gasteiger partial charge is 0.325 e. The Labute approximate surface area is 144 Å². The first-order valence-corrected chi connectivity index (χ1v) is 11.5. The number of ether oxygens (including phenoxy) is 2. The summed E-state index contributed by atoms with van der Waals surface area (Å²) < 4.78 is 10.6. The van der Waals surface area contributed by atoms with Gasteiger partial charge in [-0.05, 0) is 12.5 Å². The average Bonchev–Trinajstić information content (AvgIpc) is 2.39. The number of benzene rings is 1. The van der Waals surface area contributed by atoms with Gasteiger partial charge in [0.25, 0.3) is 5.79 Å². The Morgan fingerprint density at radius 2 is 1.71 bits per heavy atom. The third-order valence-corrected chi connectivity index (χ3v) is 4.43. The monoisotopic (exact) mass is 344 g/mol. The quantitative estimate of drug-likeness (QED) is 0.357. The second kappa shape index (κ2) is 6.44. The van der Waals surface area contributed by atoms with E-state index in [1.165, 1.54) is 0 Å². The lowest BCUT2D eigenvalue weighted by atomic mass is 9.85. The maximum Gasteiger partial charge on any atom is 0.325 e. The van der Waals surface area contributed by atoms with E-state index in [2.05, 4.69) is 31.1 Å². The highest BCUT2D eigenvalue weighted by atomic mass is 28.3. The fourth-order valence-electron chi connectivity index (χ4n) is 2.52. The van der Waals surface area contributed by atoms with Gasteiger partial charge in [-0.2, -0.15) is 0 Å².